The summed E-state index contributed by atoms with van der Waals surface area (Å²) in [7, 11) is 0. The summed E-state index contributed by atoms with van der Waals surface area (Å²) in [6.45, 7) is 0. The molecule has 0 unspecified atom stereocenters. The molecule has 2 heteroatoms. The minimum absolute atomic E-state index is 1.11. The lowest BCUT2D eigenvalue weighted by molar-refractivity contribution is 1.18. The Bertz CT molecular complexity index is 2800. The molecule has 1 heterocycles. The van der Waals surface area contributed by atoms with E-state index in [9.17, 15) is 0 Å². The average molecular weight is 637 g/mol. The van der Waals surface area contributed by atoms with E-state index in [1.807, 2.05) is 0 Å². The number of fused-ring (bicyclic) bond motifs is 6. The maximum Gasteiger partial charge on any atom is 0.0553 e. The van der Waals surface area contributed by atoms with Crippen molar-refractivity contribution in [1.29, 1.82) is 0 Å². The van der Waals surface area contributed by atoms with Crippen LogP contribution in [0.5, 0.6) is 0 Å². The largest absolute Gasteiger partial charge is 0.310 e. The molecule has 0 saturated carbocycles. The number of hydrogen-bond donors (Lipinski definition) is 0. The monoisotopic (exact) mass is 636 g/mol. The highest BCUT2D eigenvalue weighted by Gasteiger charge is 2.21. The van der Waals surface area contributed by atoms with Crippen molar-refractivity contribution in [2.45, 2.75) is 0 Å². The van der Waals surface area contributed by atoms with Crippen LogP contribution >= 0.6 is 0 Å². The van der Waals surface area contributed by atoms with E-state index in [2.05, 4.69) is 204 Å². The van der Waals surface area contributed by atoms with E-state index in [1.165, 1.54) is 65.3 Å². The standard InChI is InChI=1S/C48H32N2/c1-2-19-39(20-3-1)50-45-24-11-10-23-44(45)48-46(50)32-37-17-8-9-22-43(37)47(48)38-18-12-21-40(31-38)49(41-27-25-33-13-4-6-15-35(33)29-41)42-28-26-34-14-5-7-16-36(34)30-42/h1-32H. The zero-order valence-electron chi connectivity index (χ0n) is 27.4. The Hall–Kier alpha value is -6.64. The van der Waals surface area contributed by atoms with Crippen LogP contribution in [0.1, 0.15) is 0 Å². The Kier molecular flexibility index (Phi) is 6.53. The van der Waals surface area contributed by atoms with Gasteiger partial charge in [0, 0.05) is 33.5 Å². The van der Waals surface area contributed by atoms with Crippen LogP contribution in [-0.4, -0.2) is 4.57 Å². The third-order valence-corrected chi connectivity index (χ3v) is 10.1. The normalized spacial score (nSPS) is 11.6. The van der Waals surface area contributed by atoms with E-state index in [-0.39, 0.29) is 0 Å². The number of rotatable bonds is 5. The van der Waals surface area contributed by atoms with Crippen LogP contribution in [0.25, 0.3) is 70.9 Å². The predicted molar refractivity (Wildman–Crippen MR) is 213 cm³/mol. The number of nitrogens with zero attached hydrogens (tertiary/aromatic N) is 2. The second-order valence-electron chi connectivity index (χ2n) is 13.0. The fraction of sp³-hybridized carbons (Fsp3) is 0. The third kappa shape index (κ3) is 4.57. The first kappa shape index (κ1) is 28.4. The summed E-state index contributed by atoms with van der Waals surface area (Å²) >= 11 is 0. The molecule has 0 aliphatic heterocycles. The van der Waals surface area contributed by atoms with Gasteiger partial charge in [-0.05, 0) is 104 Å². The number of para-hydroxylation sites is 2. The zero-order chi connectivity index (χ0) is 33.0. The van der Waals surface area contributed by atoms with Gasteiger partial charge in [-0.1, -0.05) is 133 Å². The topological polar surface area (TPSA) is 8.17 Å². The second kappa shape index (κ2) is 11.5. The average Bonchev–Trinajstić information content (AvgIpc) is 3.51. The van der Waals surface area contributed by atoms with Crippen molar-refractivity contribution in [2.75, 3.05) is 4.90 Å². The molecule has 0 saturated heterocycles. The molecule has 234 valence electrons. The summed E-state index contributed by atoms with van der Waals surface area (Å²) in [5, 5.41) is 9.89. The Morgan fingerprint density at radius 3 is 1.60 bits per heavy atom. The lowest BCUT2D eigenvalue weighted by Gasteiger charge is -2.27. The molecule has 2 nitrogen and oxygen atoms in total. The van der Waals surface area contributed by atoms with E-state index >= 15 is 0 Å². The predicted octanol–water partition coefficient (Wildman–Crippen LogP) is 13.4. The number of benzene rings is 9. The highest BCUT2D eigenvalue weighted by molar-refractivity contribution is 6.23. The summed E-state index contributed by atoms with van der Waals surface area (Å²) in [5.41, 5.74) is 9.37. The maximum atomic E-state index is 2.42. The van der Waals surface area contributed by atoms with Gasteiger partial charge in [0.15, 0.2) is 0 Å². The summed E-state index contributed by atoms with van der Waals surface area (Å²) in [6.07, 6.45) is 0. The molecule has 0 fully saturated rings. The van der Waals surface area contributed by atoms with Crippen LogP contribution in [0.15, 0.2) is 194 Å². The van der Waals surface area contributed by atoms with Crippen molar-refractivity contribution < 1.29 is 0 Å². The molecule has 10 aromatic rings. The van der Waals surface area contributed by atoms with E-state index in [0.717, 1.165) is 22.7 Å². The fourth-order valence-electron chi connectivity index (χ4n) is 7.83. The van der Waals surface area contributed by atoms with E-state index in [4.69, 9.17) is 0 Å². The van der Waals surface area contributed by atoms with Gasteiger partial charge in [0.05, 0.1) is 11.0 Å². The summed E-state index contributed by atoms with van der Waals surface area (Å²) < 4.78 is 2.42. The molecule has 1 aromatic heterocycles. The van der Waals surface area contributed by atoms with Crippen molar-refractivity contribution in [3.8, 4) is 16.8 Å². The summed E-state index contributed by atoms with van der Waals surface area (Å²) in [6, 6.07) is 70.6. The number of aromatic nitrogens is 1. The van der Waals surface area contributed by atoms with Gasteiger partial charge in [-0.25, -0.2) is 0 Å². The first-order chi connectivity index (χ1) is 24.8. The molecule has 0 amide bonds. The molecule has 0 N–H and O–H groups in total. The lowest BCUT2D eigenvalue weighted by atomic mass is 9.92. The van der Waals surface area contributed by atoms with Crippen LogP contribution < -0.4 is 4.90 Å². The third-order valence-electron chi connectivity index (χ3n) is 10.1. The van der Waals surface area contributed by atoms with Crippen molar-refractivity contribution in [1.82, 2.24) is 4.57 Å². The van der Waals surface area contributed by atoms with Crippen molar-refractivity contribution in [3.05, 3.63) is 194 Å². The molecule has 0 radical (unpaired) electrons. The van der Waals surface area contributed by atoms with Gasteiger partial charge in [0.2, 0.25) is 0 Å². The van der Waals surface area contributed by atoms with Crippen molar-refractivity contribution in [2.24, 2.45) is 0 Å². The Labute approximate surface area is 290 Å². The molecule has 0 aliphatic carbocycles. The Morgan fingerprint density at radius 2 is 0.900 bits per heavy atom. The zero-order valence-corrected chi connectivity index (χ0v) is 27.4. The van der Waals surface area contributed by atoms with Gasteiger partial charge >= 0.3 is 0 Å². The molecular formula is C48H32N2. The summed E-state index contributed by atoms with van der Waals surface area (Å²) in [4.78, 5) is 2.40. The van der Waals surface area contributed by atoms with E-state index in [0.29, 0.717) is 0 Å². The van der Waals surface area contributed by atoms with Crippen LogP contribution in [0.2, 0.25) is 0 Å². The Morgan fingerprint density at radius 1 is 0.340 bits per heavy atom. The van der Waals surface area contributed by atoms with Gasteiger partial charge in [0.1, 0.15) is 0 Å². The van der Waals surface area contributed by atoms with Crippen molar-refractivity contribution >= 4 is 71.2 Å². The van der Waals surface area contributed by atoms with E-state index < -0.39 is 0 Å². The minimum atomic E-state index is 1.11. The van der Waals surface area contributed by atoms with Crippen LogP contribution in [0.4, 0.5) is 17.1 Å². The highest BCUT2D eigenvalue weighted by Crippen LogP contribution is 2.45. The van der Waals surface area contributed by atoms with Gasteiger partial charge in [0.25, 0.3) is 0 Å². The van der Waals surface area contributed by atoms with Gasteiger partial charge in [-0.3, -0.25) is 0 Å². The van der Waals surface area contributed by atoms with Crippen molar-refractivity contribution in [3.63, 3.8) is 0 Å². The SMILES string of the molecule is c1ccc(-n2c3ccccc3c3c(-c4cccc(N(c5ccc6ccccc6c5)c5ccc6ccccc6c5)c4)c4ccccc4cc32)cc1. The quantitative estimate of drug-likeness (QED) is 0.182. The second-order valence-corrected chi connectivity index (χ2v) is 13.0. The van der Waals surface area contributed by atoms with Gasteiger partial charge in [-0.2, -0.15) is 0 Å². The smallest absolute Gasteiger partial charge is 0.0553 e. The Balaban J connectivity index is 1.26. The molecule has 0 atom stereocenters. The van der Waals surface area contributed by atoms with Gasteiger partial charge < -0.3 is 9.47 Å². The van der Waals surface area contributed by atoms with Crippen LogP contribution in [0.3, 0.4) is 0 Å². The van der Waals surface area contributed by atoms with Crippen LogP contribution in [-0.2, 0) is 0 Å². The fourth-order valence-corrected chi connectivity index (χ4v) is 7.83. The molecule has 0 aliphatic rings. The highest BCUT2D eigenvalue weighted by atomic mass is 15.1. The molecule has 10 rings (SSSR count). The van der Waals surface area contributed by atoms with Crippen LogP contribution in [0, 0.1) is 0 Å². The molecule has 0 spiro atoms. The molecule has 9 aromatic carbocycles. The molecular weight excluding hydrogens is 605 g/mol. The first-order valence-corrected chi connectivity index (χ1v) is 17.2. The van der Waals surface area contributed by atoms with Gasteiger partial charge in [-0.15, -0.1) is 0 Å². The lowest BCUT2D eigenvalue weighted by Crippen LogP contribution is -2.10. The maximum absolute atomic E-state index is 2.42. The molecule has 0 bridgehead atoms. The number of hydrogen-bond acceptors (Lipinski definition) is 1. The summed E-state index contributed by atoms with van der Waals surface area (Å²) in [5.74, 6) is 0. The number of anilines is 3. The van der Waals surface area contributed by atoms with E-state index in [1.54, 1.807) is 0 Å². The minimum Gasteiger partial charge on any atom is -0.310 e. The first-order valence-electron chi connectivity index (χ1n) is 17.2. The molecule has 50 heavy (non-hydrogen) atoms.